The van der Waals surface area contributed by atoms with E-state index in [0.29, 0.717) is 32.1 Å². The number of carbonyl (C=O) groups excluding carboxylic acids is 3. The number of aromatic hydroxyl groups is 1. The van der Waals surface area contributed by atoms with E-state index in [0.717, 1.165) is 5.56 Å². The lowest BCUT2D eigenvalue weighted by Gasteiger charge is -2.24. The maximum Gasteiger partial charge on any atom is 0.328 e. The van der Waals surface area contributed by atoms with Gasteiger partial charge in [-0.05, 0) is 55.7 Å². The highest BCUT2D eigenvalue weighted by molar-refractivity contribution is 14.1. The summed E-state index contributed by atoms with van der Waals surface area (Å²) in [6.45, 7) is 3.90. The van der Waals surface area contributed by atoms with Crippen LogP contribution >= 0.6 is 22.6 Å². The average Bonchev–Trinajstić information content (AvgIpc) is 2.73. The van der Waals surface area contributed by atoms with Crippen LogP contribution < -0.4 is 10.6 Å². The molecule has 0 fully saturated rings. The number of benzene rings is 1. The minimum Gasteiger partial charge on any atom is -0.508 e. The first kappa shape index (κ1) is 27.2. The summed E-state index contributed by atoms with van der Waals surface area (Å²) in [4.78, 5) is 37.7. The number of unbranched alkanes of at least 4 members (excludes halogenated alkanes) is 1. The number of rotatable bonds is 13. The Morgan fingerprint density at radius 2 is 1.65 bits per heavy atom. The zero-order valence-corrected chi connectivity index (χ0v) is 20.4. The molecule has 0 aliphatic heterocycles. The van der Waals surface area contributed by atoms with Gasteiger partial charge in [-0.1, -0.05) is 48.6 Å². The third-order valence-electron chi connectivity index (χ3n) is 4.68. The number of esters is 1. The predicted molar refractivity (Wildman–Crippen MR) is 126 cm³/mol. The van der Waals surface area contributed by atoms with Gasteiger partial charge in [-0.25, -0.2) is 4.79 Å². The van der Waals surface area contributed by atoms with Crippen LogP contribution in [0.3, 0.4) is 0 Å². The van der Waals surface area contributed by atoms with E-state index < -0.39 is 27.9 Å². The van der Waals surface area contributed by atoms with Crippen LogP contribution in [0.5, 0.6) is 5.75 Å². The van der Waals surface area contributed by atoms with E-state index in [2.05, 4.69) is 10.6 Å². The van der Waals surface area contributed by atoms with Gasteiger partial charge < -0.3 is 25.6 Å². The van der Waals surface area contributed by atoms with Crippen molar-refractivity contribution < 1.29 is 29.3 Å². The normalized spacial score (nSPS) is 13.9. The van der Waals surface area contributed by atoms with Crippen LogP contribution in [0.4, 0.5) is 0 Å². The fourth-order valence-electron chi connectivity index (χ4n) is 3.02. The van der Waals surface area contributed by atoms with Gasteiger partial charge in [0.2, 0.25) is 11.8 Å². The van der Waals surface area contributed by atoms with Crippen LogP contribution in [0.15, 0.2) is 24.3 Å². The molecule has 0 saturated heterocycles. The van der Waals surface area contributed by atoms with Crippen molar-refractivity contribution in [2.24, 2.45) is 5.92 Å². The highest BCUT2D eigenvalue weighted by Gasteiger charge is 2.29. The molecular weight excluding hydrogens is 515 g/mol. The molecule has 2 amide bonds. The number of alkyl halides is 1. The Balaban J connectivity index is 2.79. The Kier molecular flexibility index (Phi) is 12.5. The molecule has 31 heavy (non-hydrogen) atoms. The second kappa shape index (κ2) is 14.2. The maximum absolute atomic E-state index is 12.9. The first-order valence-corrected chi connectivity index (χ1v) is 11.6. The van der Waals surface area contributed by atoms with E-state index >= 15 is 0 Å². The number of aliphatic hydroxyl groups excluding tert-OH is 1. The van der Waals surface area contributed by atoms with Gasteiger partial charge in [-0.2, -0.15) is 0 Å². The van der Waals surface area contributed by atoms with Crippen LogP contribution in [0.1, 0.15) is 45.1 Å². The van der Waals surface area contributed by atoms with E-state index in [4.69, 9.17) is 9.84 Å². The number of hydrogen-bond acceptors (Lipinski definition) is 6. The fraction of sp³-hybridized carbons (Fsp3) is 0.591. The molecule has 3 atom stereocenters. The van der Waals surface area contributed by atoms with Crippen molar-refractivity contribution in [3.8, 4) is 5.75 Å². The van der Waals surface area contributed by atoms with Gasteiger partial charge in [-0.3, -0.25) is 9.59 Å². The molecule has 0 heterocycles. The van der Waals surface area contributed by atoms with Gasteiger partial charge in [0.05, 0.1) is 11.0 Å². The minimum absolute atomic E-state index is 0.00590. The fourth-order valence-corrected chi connectivity index (χ4v) is 3.71. The first-order chi connectivity index (χ1) is 14.7. The zero-order valence-electron chi connectivity index (χ0n) is 18.3. The molecule has 0 bridgehead atoms. The number of aliphatic hydroxyl groups is 1. The van der Waals surface area contributed by atoms with Gasteiger partial charge in [0.15, 0.2) is 0 Å². The summed E-state index contributed by atoms with van der Waals surface area (Å²) >= 11 is 2.03. The number of methoxy groups -OCH3 is 1. The molecule has 1 aromatic rings. The summed E-state index contributed by atoms with van der Waals surface area (Å²) in [5, 5.41) is 23.8. The smallest absolute Gasteiger partial charge is 0.328 e. The van der Waals surface area contributed by atoms with E-state index in [-0.39, 0.29) is 24.2 Å². The monoisotopic (exact) mass is 548 g/mol. The van der Waals surface area contributed by atoms with Crippen molar-refractivity contribution >= 4 is 40.4 Å². The summed E-state index contributed by atoms with van der Waals surface area (Å²) in [6, 6.07) is 5.02. The Morgan fingerprint density at radius 1 is 1.03 bits per heavy atom. The van der Waals surface area contributed by atoms with Crippen LogP contribution in [-0.4, -0.2) is 57.7 Å². The number of phenols is 1. The van der Waals surface area contributed by atoms with Gasteiger partial charge >= 0.3 is 5.97 Å². The molecule has 0 saturated carbocycles. The van der Waals surface area contributed by atoms with Gasteiger partial charge in [0.1, 0.15) is 17.8 Å². The Hall–Kier alpha value is -1.88. The van der Waals surface area contributed by atoms with Gasteiger partial charge in [0, 0.05) is 6.61 Å². The van der Waals surface area contributed by atoms with E-state index in [1.165, 1.54) is 7.11 Å². The molecule has 0 radical (unpaired) electrons. The molecule has 0 aliphatic carbocycles. The third kappa shape index (κ3) is 10.3. The van der Waals surface area contributed by atoms with Crippen molar-refractivity contribution in [2.75, 3.05) is 13.7 Å². The zero-order chi connectivity index (χ0) is 23.4. The number of halogens is 1. The molecule has 174 valence electrons. The number of carbonyl (C=O) groups is 3. The number of amides is 2. The molecule has 0 aromatic heterocycles. The lowest BCUT2D eigenvalue weighted by Crippen LogP contribution is -2.53. The Morgan fingerprint density at radius 3 is 2.19 bits per heavy atom. The maximum atomic E-state index is 12.9. The van der Waals surface area contributed by atoms with Crippen LogP contribution in [0, 0.1) is 5.92 Å². The molecule has 0 spiro atoms. The highest BCUT2D eigenvalue weighted by Crippen LogP contribution is 2.16. The third-order valence-corrected chi connectivity index (χ3v) is 5.69. The number of hydrogen-bond donors (Lipinski definition) is 4. The van der Waals surface area contributed by atoms with E-state index in [1.54, 1.807) is 24.3 Å². The topological polar surface area (TPSA) is 125 Å². The standard InChI is InChI=1S/C22H33IN2O6/c1-14(2)12-19(21(29)24-18(22(30)31-3)6-4-5-11-26)25-20(28)17(23)13-15-7-9-16(27)10-8-15/h7-10,14,17-19,26-27H,4-6,11-13H2,1-3H3,(H,24,29)(H,25,28)/t17-,18-,19-/m0/s1. The molecule has 4 N–H and O–H groups in total. The van der Waals surface area contributed by atoms with Crippen molar-refractivity contribution in [1.29, 1.82) is 0 Å². The number of phenolic OH excluding ortho intramolecular Hbond substituents is 1. The molecule has 0 aliphatic rings. The second-order valence-corrected chi connectivity index (χ2v) is 9.34. The van der Waals surface area contributed by atoms with Crippen molar-refractivity contribution in [1.82, 2.24) is 10.6 Å². The SMILES string of the molecule is COC(=O)[C@H](CCCCO)NC(=O)[C@H](CC(C)C)NC(=O)[C@@H](I)Cc1ccc(O)cc1. The second-order valence-electron chi connectivity index (χ2n) is 7.83. The molecule has 1 aromatic carbocycles. The lowest BCUT2D eigenvalue weighted by molar-refractivity contribution is -0.145. The van der Waals surface area contributed by atoms with Crippen LogP contribution in [0.25, 0.3) is 0 Å². The van der Waals surface area contributed by atoms with Gasteiger partial charge in [0.25, 0.3) is 0 Å². The molecule has 8 nitrogen and oxygen atoms in total. The summed E-state index contributed by atoms with van der Waals surface area (Å²) in [7, 11) is 1.25. The van der Waals surface area contributed by atoms with Crippen LogP contribution in [0.2, 0.25) is 0 Å². The van der Waals surface area contributed by atoms with Gasteiger partial charge in [-0.15, -0.1) is 0 Å². The van der Waals surface area contributed by atoms with Crippen LogP contribution in [-0.2, 0) is 25.5 Å². The predicted octanol–water partition coefficient (Wildman–Crippen LogP) is 2.09. The minimum atomic E-state index is -0.831. The quantitative estimate of drug-likeness (QED) is 0.130. The summed E-state index contributed by atoms with van der Waals surface area (Å²) in [5.74, 6) is -0.961. The number of nitrogens with one attached hydrogen (secondary N) is 2. The molecule has 1 rings (SSSR count). The van der Waals surface area contributed by atoms with E-state index in [9.17, 15) is 19.5 Å². The van der Waals surface area contributed by atoms with E-state index in [1.807, 2.05) is 36.4 Å². The summed E-state index contributed by atoms with van der Waals surface area (Å²) < 4.78 is 4.36. The van der Waals surface area contributed by atoms with Crippen molar-refractivity contribution in [3.63, 3.8) is 0 Å². The molecule has 0 unspecified atom stereocenters. The van der Waals surface area contributed by atoms with Crippen molar-refractivity contribution in [2.45, 2.75) is 62.0 Å². The largest absolute Gasteiger partial charge is 0.508 e. The average molecular weight is 548 g/mol. The first-order valence-electron chi connectivity index (χ1n) is 10.4. The highest BCUT2D eigenvalue weighted by atomic mass is 127. The molecule has 9 heteroatoms. The Labute approximate surface area is 197 Å². The van der Waals surface area contributed by atoms with Crippen molar-refractivity contribution in [3.05, 3.63) is 29.8 Å². The number of ether oxygens (including phenoxy) is 1. The molecular formula is C22H33IN2O6. The summed E-state index contributed by atoms with van der Waals surface area (Å²) in [5.41, 5.74) is 0.895. The summed E-state index contributed by atoms with van der Waals surface area (Å²) in [6.07, 6.45) is 2.29. The Bertz CT molecular complexity index is 710. The lowest BCUT2D eigenvalue weighted by atomic mass is 10.0.